The first kappa shape index (κ1) is 31.8. The summed E-state index contributed by atoms with van der Waals surface area (Å²) in [6.07, 6.45) is 1.53. The second-order valence-corrected chi connectivity index (χ2v) is 10.8. The number of alkyl halides is 3. The van der Waals surface area contributed by atoms with Gasteiger partial charge in [0.25, 0.3) is 11.9 Å². The van der Waals surface area contributed by atoms with Crippen LogP contribution in [0.3, 0.4) is 0 Å². The van der Waals surface area contributed by atoms with Gasteiger partial charge in [-0.25, -0.2) is 4.79 Å². The highest BCUT2D eigenvalue weighted by atomic mass is 19.4. The van der Waals surface area contributed by atoms with Gasteiger partial charge in [-0.1, -0.05) is 35.4 Å². The number of aromatic nitrogens is 8. The first-order valence-electron chi connectivity index (χ1n) is 14.8. The number of halogens is 3. The Bertz CT molecular complexity index is 1920. The molecule has 6 rings (SSSR count). The number of tetrazole rings is 2. The zero-order chi connectivity index (χ0) is 33.7. The van der Waals surface area contributed by atoms with E-state index >= 15 is 0 Å². The van der Waals surface area contributed by atoms with Crippen molar-refractivity contribution in [1.29, 1.82) is 0 Å². The van der Waals surface area contributed by atoms with Crippen molar-refractivity contribution in [1.82, 2.24) is 40.8 Å². The number of amides is 3. The van der Waals surface area contributed by atoms with Crippen molar-refractivity contribution in [3.8, 4) is 17.1 Å². The van der Waals surface area contributed by atoms with Crippen LogP contribution in [0.2, 0.25) is 0 Å². The van der Waals surface area contributed by atoms with Crippen LogP contribution in [0.25, 0.3) is 17.0 Å². The fourth-order valence-electron chi connectivity index (χ4n) is 5.15. The van der Waals surface area contributed by atoms with Gasteiger partial charge in [-0.3, -0.25) is 15.0 Å². The zero-order valence-corrected chi connectivity index (χ0v) is 25.4. The number of hydrogen-bond donors (Lipinski definition) is 3. The molecule has 0 radical (unpaired) electrons. The lowest BCUT2D eigenvalue weighted by Crippen LogP contribution is -2.34. The number of aryl methyl sites for hydroxylation is 1. The summed E-state index contributed by atoms with van der Waals surface area (Å²) in [7, 11) is 1.47. The highest BCUT2D eigenvalue weighted by Gasteiger charge is 2.33. The summed E-state index contributed by atoms with van der Waals surface area (Å²) in [5.41, 5.74) is 3.96. The van der Waals surface area contributed by atoms with Crippen LogP contribution >= 0.6 is 0 Å². The topological polar surface area (TPSA) is 169 Å². The maximum atomic E-state index is 13.9. The molecule has 5 aromatic rings. The number of ether oxygens (including phenoxy) is 1. The Kier molecular flexibility index (Phi) is 9.08. The molecule has 2 aromatic heterocycles. The van der Waals surface area contributed by atoms with Gasteiger partial charge in [-0.15, -0.1) is 28.5 Å². The number of H-pyrrole nitrogens is 1. The molecule has 48 heavy (non-hydrogen) atoms. The van der Waals surface area contributed by atoms with Crippen molar-refractivity contribution in [3.05, 3.63) is 89.5 Å². The third kappa shape index (κ3) is 7.80. The van der Waals surface area contributed by atoms with E-state index in [-0.39, 0.29) is 29.6 Å². The zero-order valence-electron chi connectivity index (χ0n) is 25.4. The molecule has 0 atom stereocenters. The van der Waals surface area contributed by atoms with Crippen molar-refractivity contribution >= 4 is 34.8 Å². The van der Waals surface area contributed by atoms with Crippen molar-refractivity contribution in [2.24, 2.45) is 7.05 Å². The summed E-state index contributed by atoms with van der Waals surface area (Å²) in [5.74, 6) is -1.10. The molecule has 3 N–H and O–H groups in total. The molecule has 1 aliphatic carbocycles. The molecule has 0 unspecified atom stereocenters. The van der Waals surface area contributed by atoms with Crippen LogP contribution in [0.15, 0.2) is 72.8 Å². The molecule has 0 saturated heterocycles. The van der Waals surface area contributed by atoms with Gasteiger partial charge in [0, 0.05) is 16.9 Å². The average Bonchev–Trinajstić information content (AvgIpc) is 3.76. The Morgan fingerprint density at radius 1 is 1.00 bits per heavy atom. The number of nitrogens with one attached hydrogen (secondary N) is 3. The molecule has 3 aromatic carbocycles. The average molecular weight is 660 g/mol. The van der Waals surface area contributed by atoms with Gasteiger partial charge in [0.1, 0.15) is 5.75 Å². The minimum absolute atomic E-state index is 0.0237. The van der Waals surface area contributed by atoms with E-state index in [2.05, 4.69) is 57.5 Å². The minimum atomic E-state index is -4.97. The largest absolute Gasteiger partial charge is 0.573 e. The van der Waals surface area contributed by atoms with E-state index in [4.69, 9.17) is 0 Å². The number of aromatic amines is 1. The maximum absolute atomic E-state index is 13.9. The lowest BCUT2D eigenvalue weighted by molar-refractivity contribution is -0.274. The van der Waals surface area contributed by atoms with Crippen LogP contribution < -0.4 is 20.3 Å². The first-order valence-corrected chi connectivity index (χ1v) is 14.8. The van der Waals surface area contributed by atoms with Crippen LogP contribution in [0, 0.1) is 0 Å². The molecule has 17 heteroatoms. The van der Waals surface area contributed by atoms with E-state index in [0.717, 1.165) is 42.1 Å². The number of carbonyl (C=O) groups is 2. The molecule has 0 saturated carbocycles. The number of allylic oxidation sites excluding steroid dienone is 2. The summed E-state index contributed by atoms with van der Waals surface area (Å²) in [5, 5.41) is 29.9. The third-order valence-corrected chi connectivity index (χ3v) is 7.42. The predicted octanol–water partition coefficient (Wildman–Crippen LogP) is 5.74. The molecule has 0 aliphatic heterocycles. The van der Waals surface area contributed by atoms with Gasteiger partial charge in [0.15, 0.2) is 0 Å². The lowest BCUT2D eigenvalue weighted by atomic mass is 9.93. The molecule has 0 fully saturated rings. The van der Waals surface area contributed by atoms with Crippen LogP contribution in [-0.2, 0) is 13.6 Å². The van der Waals surface area contributed by atoms with Gasteiger partial charge >= 0.3 is 12.4 Å². The Morgan fingerprint density at radius 3 is 2.44 bits per heavy atom. The third-order valence-electron chi connectivity index (χ3n) is 7.42. The van der Waals surface area contributed by atoms with Crippen LogP contribution in [0.5, 0.6) is 5.75 Å². The van der Waals surface area contributed by atoms with E-state index in [9.17, 15) is 22.8 Å². The molecule has 0 bridgehead atoms. The van der Waals surface area contributed by atoms with Crippen LogP contribution in [-0.4, -0.2) is 59.1 Å². The van der Waals surface area contributed by atoms with Gasteiger partial charge in [-0.2, -0.15) is 10.0 Å². The van der Waals surface area contributed by atoms with E-state index in [1.54, 1.807) is 24.3 Å². The summed E-state index contributed by atoms with van der Waals surface area (Å²) in [4.78, 5) is 29.0. The van der Waals surface area contributed by atoms with E-state index in [1.165, 1.54) is 29.7 Å². The van der Waals surface area contributed by atoms with Gasteiger partial charge in [-0.05, 0) is 95.3 Å². The van der Waals surface area contributed by atoms with Crippen molar-refractivity contribution in [3.63, 3.8) is 0 Å². The molecule has 0 spiro atoms. The van der Waals surface area contributed by atoms with E-state index in [0.29, 0.717) is 16.8 Å². The molecule has 1 aliphatic rings. The maximum Gasteiger partial charge on any atom is 0.573 e. The predicted molar refractivity (Wildman–Crippen MR) is 168 cm³/mol. The molecule has 14 nitrogen and oxygen atoms in total. The molecule has 3 amide bonds. The van der Waals surface area contributed by atoms with Crippen LogP contribution in [0.4, 0.5) is 35.3 Å². The normalized spacial score (nSPS) is 13.0. The Hall–Kier alpha value is -6.13. The minimum Gasteiger partial charge on any atom is -0.405 e. The lowest BCUT2D eigenvalue weighted by Gasteiger charge is -2.24. The smallest absolute Gasteiger partial charge is 0.405 e. The highest BCUT2D eigenvalue weighted by Crippen LogP contribution is 2.35. The van der Waals surface area contributed by atoms with Crippen LogP contribution in [0.1, 0.15) is 47.2 Å². The SMILES string of the molecule is Cn1nnc(-c2cc(NC(=O)N(Cc3ccc(C(=O)Nc4nn[nH]n4)cc3)c3ccc(C4=CCCCC4)cc3)ccc2OC(F)(F)F)n1. The summed E-state index contributed by atoms with van der Waals surface area (Å²) in [6, 6.07) is 17.3. The fraction of sp³-hybridized carbons (Fsp3) is 0.226. The highest BCUT2D eigenvalue weighted by molar-refractivity contribution is 6.04. The Balaban J connectivity index is 1.27. The van der Waals surface area contributed by atoms with Gasteiger partial charge in [0.05, 0.1) is 19.2 Å². The molecule has 246 valence electrons. The molecular weight excluding hydrogens is 631 g/mol. The van der Waals surface area contributed by atoms with Gasteiger partial charge in [0.2, 0.25) is 5.82 Å². The van der Waals surface area contributed by atoms with Crippen molar-refractivity contribution in [2.45, 2.75) is 38.6 Å². The summed E-state index contributed by atoms with van der Waals surface area (Å²) >= 11 is 0. The van der Waals surface area contributed by atoms with Gasteiger partial charge < -0.3 is 10.1 Å². The Morgan fingerprint density at radius 2 is 1.79 bits per heavy atom. The van der Waals surface area contributed by atoms with E-state index in [1.807, 2.05) is 24.3 Å². The quantitative estimate of drug-likeness (QED) is 0.179. The van der Waals surface area contributed by atoms with E-state index < -0.39 is 24.1 Å². The standard InChI is InChI=1S/C31H28F3N11O3/c1-44-40-27(37-43-44)25-17-23(13-16-26(25)48-31(32,33)34)35-30(47)45(24-14-11-21(12-15-24)20-5-3-2-4-6-20)18-19-7-9-22(10-8-19)28(46)36-29-38-41-42-39-29/h5,7-17H,2-4,6,18H2,1H3,(H,35,47)(H2,36,38,39,41,42,46). The summed E-state index contributed by atoms with van der Waals surface area (Å²) in [6.45, 7) is 0.0917. The number of hydrogen-bond acceptors (Lipinski definition) is 9. The number of rotatable bonds is 9. The van der Waals surface area contributed by atoms with Crippen molar-refractivity contribution in [2.75, 3.05) is 15.5 Å². The molecular formula is C31H28F3N11O3. The number of anilines is 3. The first-order chi connectivity index (χ1) is 23.1. The number of benzene rings is 3. The number of urea groups is 1. The monoisotopic (exact) mass is 659 g/mol. The molecule has 2 heterocycles. The summed E-state index contributed by atoms with van der Waals surface area (Å²) < 4.78 is 43.7. The second-order valence-electron chi connectivity index (χ2n) is 10.8. The number of nitrogens with zero attached hydrogens (tertiary/aromatic N) is 8. The number of carbonyl (C=O) groups excluding carboxylic acids is 2. The second kappa shape index (κ2) is 13.7. The fourth-order valence-corrected chi connectivity index (χ4v) is 5.15. The Labute approximate surface area is 271 Å². The van der Waals surface area contributed by atoms with Crippen molar-refractivity contribution < 1.29 is 27.5 Å².